The number of aliphatic hydroxyl groups is 5. The Kier molecular flexibility index (Phi) is 19.3. The average Bonchev–Trinajstić information content (AvgIpc) is 3.91. The van der Waals surface area contributed by atoms with Crippen LogP contribution in [0.25, 0.3) is 0 Å². The summed E-state index contributed by atoms with van der Waals surface area (Å²) in [5.74, 6) is -8.54. The summed E-state index contributed by atoms with van der Waals surface area (Å²) < 4.78 is 11.1. The zero-order valence-corrected chi connectivity index (χ0v) is 40.7. The Morgan fingerprint density at radius 1 is 0.757 bits per heavy atom. The molecule has 74 heavy (non-hydrogen) atoms. The minimum Gasteiger partial charge on any atom is -0.504 e. The number of rotatable bonds is 13. The number of aryl methyl sites for hydroxylation is 1. The molecule has 3 fully saturated rings. The summed E-state index contributed by atoms with van der Waals surface area (Å²) in [5, 5.41) is 78.6. The van der Waals surface area contributed by atoms with Gasteiger partial charge in [-0.15, -0.1) is 0 Å². The lowest BCUT2D eigenvalue weighted by atomic mass is 10.0. The van der Waals surface area contributed by atoms with E-state index in [4.69, 9.17) is 15.2 Å². The minimum absolute atomic E-state index is 0.0572. The van der Waals surface area contributed by atoms with Crippen LogP contribution in [0.2, 0.25) is 0 Å². The summed E-state index contributed by atoms with van der Waals surface area (Å²) in [7, 11) is 0. The van der Waals surface area contributed by atoms with Gasteiger partial charge >= 0.3 is 6.09 Å². The van der Waals surface area contributed by atoms with Crippen LogP contribution in [-0.4, -0.2) is 174 Å². The van der Waals surface area contributed by atoms with Crippen LogP contribution in [0.4, 0.5) is 4.79 Å². The number of aliphatic hydroxyl groups excluding tert-OH is 5. The van der Waals surface area contributed by atoms with Crippen LogP contribution >= 0.6 is 0 Å². The van der Waals surface area contributed by atoms with Crippen LogP contribution in [0.3, 0.4) is 0 Å². The Hall–Kier alpha value is -7.38. The molecule has 0 saturated carbocycles. The summed E-state index contributed by atoms with van der Waals surface area (Å²) in [6.07, 6.45) is -11.7. The van der Waals surface area contributed by atoms with Crippen molar-refractivity contribution in [1.29, 1.82) is 0 Å². The van der Waals surface area contributed by atoms with Gasteiger partial charge in [-0.25, -0.2) is 4.79 Å². The predicted octanol–water partition coefficient (Wildman–Crippen LogP) is -2.68. The number of hydrogen-bond acceptors (Lipinski definition) is 16. The van der Waals surface area contributed by atoms with E-state index in [-0.39, 0.29) is 44.1 Å². The number of amides is 8. The molecule has 13 N–H and O–H groups in total. The fourth-order valence-corrected chi connectivity index (χ4v) is 9.00. The predicted molar refractivity (Wildman–Crippen MR) is 258 cm³/mol. The highest BCUT2D eigenvalue weighted by molar-refractivity contribution is 5.98. The molecule has 400 valence electrons. The largest absolute Gasteiger partial charge is 0.504 e. The van der Waals surface area contributed by atoms with Crippen LogP contribution in [0.15, 0.2) is 78.9 Å². The fraction of sp³-hybridized carbons (Fsp3) is 0.480. The van der Waals surface area contributed by atoms with Gasteiger partial charge in [0.25, 0.3) is 0 Å². The summed E-state index contributed by atoms with van der Waals surface area (Å²) in [6, 6.07) is 11.5. The number of alkyl carbamates (subject to hydrolysis) is 1. The number of nitrogens with one attached hydrogen (secondary N) is 5. The van der Waals surface area contributed by atoms with Gasteiger partial charge in [0, 0.05) is 38.4 Å². The van der Waals surface area contributed by atoms with Crippen LogP contribution in [0, 0.1) is 5.92 Å². The van der Waals surface area contributed by atoms with Crippen LogP contribution in [0.5, 0.6) is 11.5 Å². The van der Waals surface area contributed by atoms with Crippen molar-refractivity contribution in [2.45, 2.75) is 126 Å². The highest BCUT2D eigenvalue weighted by Gasteiger charge is 2.49. The van der Waals surface area contributed by atoms with E-state index in [9.17, 15) is 69.0 Å². The third-order valence-electron chi connectivity index (χ3n) is 13.0. The van der Waals surface area contributed by atoms with Gasteiger partial charge in [-0.3, -0.25) is 33.6 Å². The third kappa shape index (κ3) is 14.6. The lowest BCUT2D eigenvalue weighted by molar-refractivity contribution is -0.147. The van der Waals surface area contributed by atoms with E-state index in [0.717, 1.165) is 22.3 Å². The zero-order valence-electron chi connectivity index (χ0n) is 40.7. The highest BCUT2D eigenvalue weighted by Crippen LogP contribution is 2.29. The first-order valence-corrected chi connectivity index (χ1v) is 24.1. The Bertz CT molecular complexity index is 2490. The molecular weight excluding hydrogens is 969 g/mol. The van der Waals surface area contributed by atoms with Crippen LogP contribution < -0.4 is 37.1 Å². The molecule has 8 amide bonds. The molecule has 6 rings (SSSR count). The highest BCUT2D eigenvalue weighted by atomic mass is 16.5. The van der Waals surface area contributed by atoms with Gasteiger partial charge in [-0.1, -0.05) is 73.7 Å². The van der Waals surface area contributed by atoms with Gasteiger partial charge in [0.05, 0.1) is 36.9 Å². The van der Waals surface area contributed by atoms with E-state index in [2.05, 4.69) is 26.6 Å². The quantitative estimate of drug-likeness (QED) is 0.0830. The van der Waals surface area contributed by atoms with Crippen LogP contribution in [0.1, 0.15) is 56.2 Å². The standard InChI is InChI=1S/C50H64N8O16/c1-26-22-58-42(43(26)65)47(69)52-21-31(60)18-34(54-50(72)74-25-30-11-7-4-8-12-30)45(67)55-40(27(2)59)48(70)57-23-32(61)19-35(57)46(68)53-33(44(66)56-41(49(58)71)37(63)20-39(51)64)15-13-28-14-16-38(36(62)17-28)73-24-29-9-5-3-6-10-29/h3-12,14,16-17,26-27,31-35,37,40-43,59-63,65H,13,15,18-25H2,1-2H3,(H2,51,64)(H,52,69)(H,53,68)(H,54,72)(H,55,67)(H,56,66)/t26-,27+,31-,32+,33?,34-,35-,37?,40-,41-,42-,43-/m0/s1. The number of phenols is 1. The van der Waals surface area contributed by atoms with E-state index in [1.165, 1.54) is 19.1 Å². The summed E-state index contributed by atoms with van der Waals surface area (Å²) in [6.45, 7) is 1.09. The first kappa shape index (κ1) is 55.9. The maximum atomic E-state index is 14.6. The first-order chi connectivity index (χ1) is 35.2. The number of benzene rings is 3. The maximum absolute atomic E-state index is 14.6. The van der Waals surface area contributed by atoms with Crippen molar-refractivity contribution in [3.05, 3.63) is 95.6 Å². The molecule has 3 heterocycles. The lowest BCUT2D eigenvalue weighted by Crippen LogP contribution is -2.62. The zero-order chi connectivity index (χ0) is 53.8. The summed E-state index contributed by atoms with van der Waals surface area (Å²) >= 11 is 0. The van der Waals surface area contributed by atoms with Crippen molar-refractivity contribution in [1.82, 2.24) is 36.4 Å². The van der Waals surface area contributed by atoms with Gasteiger partial charge in [0.15, 0.2) is 11.5 Å². The average molecular weight is 1030 g/mol. The topological polar surface area (TPSA) is 369 Å². The number of carbonyl (C=O) groups is 8. The monoisotopic (exact) mass is 1030 g/mol. The molecule has 3 aliphatic rings. The number of hydrogen-bond donors (Lipinski definition) is 12. The summed E-state index contributed by atoms with van der Waals surface area (Å²) in [5.41, 5.74) is 7.25. The van der Waals surface area contributed by atoms with Gasteiger partial charge in [0.2, 0.25) is 41.4 Å². The van der Waals surface area contributed by atoms with Crippen molar-refractivity contribution >= 4 is 47.4 Å². The molecular formula is C50H64N8O16. The number of aromatic hydroxyl groups is 1. The van der Waals surface area contributed by atoms with Crippen molar-refractivity contribution in [2.24, 2.45) is 11.7 Å². The van der Waals surface area contributed by atoms with Crippen molar-refractivity contribution < 1.29 is 78.5 Å². The molecule has 3 aromatic rings. The van der Waals surface area contributed by atoms with Crippen molar-refractivity contribution in [2.75, 3.05) is 19.6 Å². The number of carbonyl (C=O) groups excluding carboxylic acids is 8. The SMILES string of the molecule is C[C@@H](O)[C@@H]1NC(=O)[C@@H](NC(=O)OCc2ccccc2)C[C@H](O)CNC(=O)[C@@H]2[C@@H](O)[C@@H](C)CN2C(=O)[C@H](C(O)CC(N)=O)NC(=O)C(CCc2ccc(OCc3ccccc3)c(O)c2)NC(=O)[C@@H]2C[C@@H](O)CN2C1=O. The number of β-amino-alcohol motifs (C(OH)–C–C–N with tert-alkyl or cyclic N) is 1. The number of nitrogens with two attached hydrogens (primary N) is 1. The molecule has 3 aliphatic heterocycles. The Morgan fingerprint density at radius 3 is 2.03 bits per heavy atom. The summed E-state index contributed by atoms with van der Waals surface area (Å²) in [4.78, 5) is 113. The number of fused-ring (bicyclic) bond motifs is 2. The lowest BCUT2D eigenvalue weighted by Gasteiger charge is -2.33. The van der Waals surface area contributed by atoms with Gasteiger partial charge in [0.1, 0.15) is 49.5 Å². The molecule has 12 atom stereocenters. The third-order valence-corrected chi connectivity index (χ3v) is 13.0. The maximum Gasteiger partial charge on any atom is 0.408 e. The Labute approximate surface area is 425 Å². The Balaban J connectivity index is 1.34. The number of primary amides is 1. The molecule has 3 aromatic carbocycles. The molecule has 0 radical (unpaired) electrons. The van der Waals surface area contributed by atoms with Crippen LogP contribution in [-0.2, 0) is 57.9 Å². The van der Waals surface area contributed by atoms with Gasteiger partial charge < -0.3 is 82.2 Å². The Morgan fingerprint density at radius 2 is 1.39 bits per heavy atom. The second-order valence-electron chi connectivity index (χ2n) is 18.8. The molecule has 3 saturated heterocycles. The van der Waals surface area contributed by atoms with Gasteiger partial charge in [-0.2, -0.15) is 0 Å². The van der Waals surface area contributed by atoms with E-state index >= 15 is 0 Å². The normalized spacial score (nSPS) is 27.2. The molecule has 0 aromatic heterocycles. The fourth-order valence-electron chi connectivity index (χ4n) is 9.00. The van der Waals surface area contributed by atoms with Crippen molar-refractivity contribution in [3.8, 4) is 11.5 Å². The number of nitrogens with zero attached hydrogens (tertiary/aromatic N) is 2. The molecule has 0 aliphatic carbocycles. The van der Waals surface area contributed by atoms with Gasteiger partial charge in [-0.05, 0) is 48.6 Å². The molecule has 2 unspecified atom stereocenters. The number of phenolic OH excluding ortho intramolecular Hbond substituents is 1. The molecule has 24 heteroatoms. The molecule has 0 bridgehead atoms. The first-order valence-electron chi connectivity index (χ1n) is 24.1. The van der Waals surface area contributed by atoms with E-state index in [1.807, 2.05) is 30.3 Å². The molecule has 24 nitrogen and oxygen atoms in total. The second kappa shape index (κ2) is 25.5. The second-order valence-corrected chi connectivity index (χ2v) is 18.8. The smallest absolute Gasteiger partial charge is 0.408 e. The van der Waals surface area contributed by atoms with E-state index in [0.29, 0.717) is 11.1 Å². The van der Waals surface area contributed by atoms with E-state index < -0.39 is 152 Å². The van der Waals surface area contributed by atoms with E-state index in [1.54, 1.807) is 36.4 Å². The molecule has 0 spiro atoms. The number of ether oxygens (including phenoxy) is 2. The van der Waals surface area contributed by atoms with Crippen molar-refractivity contribution in [3.63, 3.8) is 0 Å². The minimum atomic E-state index is -2.05.